The normalized spacial score (nSPS) is 12.2. The zero-order valence-electron chi connectivity index (χ0n) is 11.6. The Balaban J connectivity index is 1.84. The topological polar surface area (TPSA) is 49.7 Å². The smallest absolute Gasteiger partial charge is 0.132 e. The van der Waals surface area contributed by atoms with E-state index >= 15 is 0 Å². The van der Waals surface area contributed by atoms with E-state index in [1.807, 2.05) is 60.7 Å². The van der Waals surface area contributed by atoms with Crippen LogP contribution in [0.4, 0.5) is 0 Å². The Morgan fingerprint density at radius 2 is 1.10 bits per heavy atom. The molecule has 3 heteroatoms. The highest BCUT2D eigenvalue weighted by Crippen LogP contribution is 2.08. The molecular formula is C18H18O3. The number of aliphatic hydroxyl groups excluding tert-OH is 2. The summed E-state index contributed by atoms with van der Waals surface area (Å²) in [7, 11) is 0. The molecule has 0 saturated heterocycles. The molecule has 0 saturated carbocycles. The molecule has 0 heterocycles. The number of hydrogen-bond donors (Lipinski definition) is 2. The van der Waals surface area contributed by atoms with Crippen molar-refractivity contribution in [1.82, 2.24) is 0 Å². The molecule has 0 radical (unpaired) electrons. The van der Waals surface area contributed by atoms with Gasteiger partial charge in [0.15, 0.2) is 0 Å². The van der Waals surface area contributed by atoms with Gasteiger partial charge < -0.3 is 14.9 Å². The number of ether oxygens (including phenoxy) is 1. The summed E-state index contributed by atoms with van der Waals surface area (Å²) in [6, 6.07) is 19.2. The molecule has 2 aromatic carbocycles. The minimum atomic E-state index is 0.102. The molecule has 0 amide bonds. The maximum atomic E-state index is 9.73. The summed E-state index contributed by atoms with van der Waals surface area (Å²) >= 11 is 0. The molecule has 108 valence electrons. The van der Waals surface area contributed by atoms with Gasteiger partial charge in [-0.3, -0.25) is 0 Å². The van der Waals surface area contributed by atoms with Crippen LogP contribution in [-0.4, -0.2) is 10.2 Å². The molecule has 0 bridgehead atoms. The summed E-state index contributed by atoms with van der Waals surface area (Å²) in [4.78, 5) is 0. The van der Waals surface area contributed by atoms with E-state index < -0.39 is 0 Å². The molecule has 0 aliphatic heterocycles. The summed E-state index contributed by atoms with van der Waals surface area (Å²) in [6.07, 6.45) is 3.25. The Morgan fingerprint density at radius 1 is 0.714 bits per heavy atom. The fraction of sp³-hybridized carbons (Fsp3) is 0.111. The van der Waals surface area contributed by atoms with Crippen LogP contribution in [0.1, 0.15) is 11.1 Å². The third-order valence-electron chi connectivity index (χ3n) is 2.86. The van der Waals surface area contributed by atoms with Gasteiger partial charge >= 0.3 is 0 Å². The first kappa shape index (κ1) is 14.7. The van der Waals surface area contributed by atoms with Gasteiger partial charge in [-0.1, -0.05) is 60.7 Å². The monoisotopic (exact) mass is 282 g/mol. The second kappa shape index (κ2) is 7.80. The zero-order chi connectivity index (χ0) is 14.9. The lowest BCUT2D eigenvalue weighted by Gasteiger charge is -2.02. The van der Waals surface area contributed by atoms with Gasteiger partial charge in [0, 0.05) is 12.8 Å². The largest absolute Gasteiger partial charge is 0.509 e. The lowest BCUT2D eigenvalue weighted by atomic mass is 10.1. The van der Waals surface area contributed by atoms with Crippen LogP contribution in [-0.2, 0) is 17.6 Å². The van der Waals surface area contributed by atoms with Crippen molar-refractivity contribution in [1.29, 1.82) is 0 Å². The van der Waals surface area contributed by atoms with Gasteiger partial charge in [-0.2, -0.15) is 0 Å². The quantitative estimate of drug-likeness (QED) is 0.777. The van der Waals surface area contributed by atoms with Crippen molar-refractivity contribution >= 4 is 0 Å². The summed E-state index contributed by atoms with van der Waals surface area (Å²) in [5.41, 5.74) is 1.99. The molecule has 0 aromatic heterocycles. The van der Waals surface area contributed by atoms with Gasteiger partial charge in [0.2, 0.25) is 0 Å². The van der Waals surface area contributed by atoms with Gasteiger partial charge in [-0.15, -0.1) is 0 Å². The van der Waals surface area contributed by atoms with Gasteiger partial charge in [-0.25, -0.2) is 0 Å². The van der Waals surface area contributed by atoms with Crippen molar-refractivity contribution in [3.8, 4) is 0 Å². The Hall–Kier alpha value is -2.68. The van der Waals surface area contributed by atoms with Crippen molar-refractivity contribution in [2.75, 3.05) is 0 Å². The maximum absolute atomic E-state index is 9.73. The molecule has 0 fully saturated rings. The average Bonchev–Trinajstić information content (AvgIpc) is 2.49. The van der Waals surface area contributed by atoms with Crippen molar-refractivity contribution < 1.29 is 14.9 Å². The fourth-order valence-electron chi connectivity index (χ4n) is 1.88. The first-order chi connectivity index (χ1) is 10.2. The lowest BCUT2D eigenvalue weighted by Crippen LogP contribution is -1.92. The van der Waals surface area contributed by atoms with E-state index in [1.165, 1.54) is 12.5 Å². The van der Waals surface area contributed by atoms with E-state index in [4.69, 9.17) is 4.74 Å². The Morgan fingerprint density at radius 3 is 1.48 bits per heavy atom. The van der Waals surface area contributed by atoms with Crippen molar-refractivity contribution in [2.24, 2.45) is 0 Å². The number of allylic oxidation sites excluding steroid dienone is 2. The van der Waals surface area contributed by atoms with Crippen LogP contribution in [0.15, 0.2) is 84.7 Å². The van der Waals surface area contributed by atoms with E-state index in [-0.39, 0.29) is 11.5 Å². The second-order valence-electron chi connectivity index (χ2n) is 4.68. The number of hydrogen-bond acceptors (Lipinski definition) is 3. The third-order valence-corrected chi connectivity index (χ3v) is 2.86. The Bertz CT molecular complexity index is 545. The summed E-state index contributed by atoms with van der Waals surface area (Å²) in [6.45, 7) is 0. The molecular weight excluding hydrogens is 264 g/mol. The van der Waals surface area contributed by atoms with Crippen LogP contribution in [0.2, 0.25) is 0 Å². The number of benzene rings is 2. The molecule has 0 spiro atoms. The highest BCUT2D eigenvalue weighted by molar-refractivity contribution is 5.20. The molecule has 2 N–H and O–H groups in total. The maximum Gasteiger partial charge on any atom is 0.132 e. The molecule has 0 unspecified atom stereocenters. The second-order valence-corrected chi connectivity index (χ2v) is 4.68. The minimum absolute atomic E-state index is 0.102. The molecule has 0 aliphatic rings. The zero-order valence-corrected chi connectivity index (χ0v) is 11.6. The van der Waals surface area contributed by atoms with E-state index in [1.54, 1.807) is 0 Å². The highest BCUT2D eigenvalue weighted by atomic mass is 16.5. The van der Waals surface area contributed by atoms with E-state index in [0.717, 1.165) is 11.1 Å². The molecule has 2 aromatic rings. The number of rotatable bonds is 6. The minimum Gasteiger partial charge on any atom is -0.509 e. The van der Waals surface area contributed by atoms with Crippen molar-refractivity contribution in [3.63, 3.8) is 0 Å². The van der Waals surface area contributed by atoms with Crippen LogP contribution in [0.5, 0.6) is 0 Å². The van der Waals surface area contributed by atoms with Crippen LogP contribution >= 0.6 is 0 Å². The summed E-state index contributed by atoms with van der Waals surface area (Å²) in [5.74, 6) is 0.204. The van der Waals surface area contributed by atoms with Gasteiger partial charge in [-0.05, 0) is 11.1 Å². The molecule has 0 atom stereocenters. The van der Waals surface area contributed by atoms with E-state index in [0.29, 0.717) is 12.8 Å². The Labute approximate surface area is 124 Å². The highest BCUT2D eigenvalue weighted by Gasteiger charge is 1.98. The predicted octanol–water partition coefficient (Wildman–Crippen LogP) is 4.29. The standard InChI is InChI=1S/C18H18O3/c19-17(11-15-7-3-1-4-8-15)13-21-14-18(20)12-16-9-5-2-6-10-16/h1-10,13-14,19-20H,11-12H2. The van der Waals surface area contributed by atoms with Gasteiger partial charge in [0.1, 0.15) is 24.0 Å². The van der Waals surface area contributed by atoms with Gasteiger partial charge in [0.25, 0.3) is 0 Å². The number of aliphatic hydroxyl groups is 2. The van der Waals surface area contributed by atoms with E-state index in [2.05, 4.69) is 0 Å². The van der Waals surface area contributed by atoms with Crippen LogP contribution < -0.4 is 0 Å². The Kier molecular flexibility index (Phi) is 5.47. The average molecular weight is 282 g/mol. The SMILES string of the molecule is OC(=COC=C(O)Cc1ccccc1)Cc1ccccc1. The molecule has 0 aliphatic carbocycles. The molecule has 3 nitrogen and oxygen atoms in total. The third kappa shape index (κ3) is 5.45. The van der Waals surface area contributed by atoms with Crippen LogP contribution in [0.3, 0.4) is 0 Å². The molecule has 2 rings (SSSR count). The predicted molar refractivity (Wildman–Crippen MR) is 82.8 cm³/mol. The van der Waals surface area contributed by atoms with E-state index in [9.17, 15) is 10.2 Å². The van der Waals surface area contributed by atoms with Crippen LogP contribution in [0.25, 0.3) is 0 Å². The summed E-state index contributed by atoms with van der Waals surface area (Å²) < 4.78 is 5.08. The molecule has 21 heavy (non-hydrogen) atoms. The van der Waals surface area contributed by atoms with Gasteiger partial charge in [0.05, 0.1) is 0 Å². The van der Waals surface area contributed by atoms with Crippen molar-refractivity contribution in [2.45, 2.75) is 12.8 Å². The summed E-state index contributed by atoms with van der Waals surface area (Å²) in [5, 5.41) is 19.5. The van der Waals surface area contributed by atoms with Crippen molar-refractivity contribution in [3.05, 3.63) is 95.8 Å². The first-order valence-electron chi connectivity index (χ1n) is 6.73. The lowest BCUT2D eigenvalue weighted by molar-refractivity contribution is 0.301. The first-order valence-corrected chi connectivity index (χ1v) is 6.73. The fourth-order valence-corrected chi connectivity index (χ4v) is 1.88. The van der Waals surface area contributed by atoms with Crippen LogP contribution in [0, 0.1) is 0 Å².